The van der Waals surface area contributed by atoms with Crippen LogP contribution in [0, 0.1) is 0 Å². The summed E-state index contributed by atoms with van der Waals surface area (Å²) in [6.07, 6.45) is 5.44. The van der Waals surface area contributed by atoms with Crippen LogP contribution >= 0.6 is 11.3 Å². The number of hydrogen-bond acceptors (Lipinski definition) is 7. The monoisotopic (exact) mass is 413 g/mol. The Bertz CT molecular complexity index is 994. The molecule has 8 nitrogen and oxygen atoms in total. The van der Waals surface area contributed by atoms with E-state index in [1.165, 1.54) is 30.6 Å². The molecule has 1 fully saturated rings. The van der Waals surface area contributed by atoms with Crippen LogP contribution in [-0.4, -0.2) is 48.0 Å². The van der Waals surface area contributed by atoms with Crippen LogP contribution in [0.2, 0.25) is 0 Å². The third kappa shape index (κ3) is 4.04. The van der Waals surface area contributed by atoms with Crippen molar-refractivity contribution in [3.8, 4) is 16.6 Å². The molecule has 2 aromatic heterocycles. The molecule has 0 spiro atoms. The van der Waals surface area contributed by atoms with Gasteiger partial charge in [-0.25, -0.2) is 0 Å². The normalized spacial score (nSPS) is 13.9. The van der Waals surface area contributed by atoms with Gasteiger partial charge in [-0.2, -0.15) is 0 Å². The molecule has 0 radical (unpaired) electrons. The highest BCUT2D eigenvalue weighted by molar-refractivity contribution is 7.17. The molecule has 152 valence electrons. The van der Waals surface area contributed by atoms with E-state index in [2.05, 4.69) is 20.4 Å². The molecule has 29 heavy (non-hydrogen) atoms. The van der Waals surface area contributed by atoms with Crippen molar-refractivity contribution in [1.82, 2.24) is 14.8 Å². The number of nitrogens with one attached hydrogen (secondary N) is 1. The van der Waals surface area contributed by atoms with Crippen LogP contribution in [0.25, 0.3) is 5.13 Å². The Morgan fingerprint density at radius 1 is 1.03 bits per heavy atom. The highest BCUT2D eigenvalue weighted by atomic mass is 32.1. The third-order valence-corrected chi connectivity index (χ3v) is 5.84. The fourth-order valence-corrected chi connectivity index (χ4v) is 4.26. The molecule has 1 aliphatic heterocycles. The summed E-state index contributed by atoms with van der Waals surface area (Å²) in [5.41, 5.74) is 1.10. The van der Waals surface area contributed by atoms with Gasteiger partial charge in [0, 0.05) is 31.0 Å². The smallest absolute Gasteiger partial charge is 0.272 e. The maximum Gasteiger partial charge on any atom is 0.272 e. The molecule has 0 atom stereocenters. The highest BCUT2D eigenvalue weighted by Crippen LogP contribution is 2.30. The Kier molecular flexibility index (Phi) is 5.66. The van der Waals surface area contributed by atoms with Gasteiger partial charge in [0.25, 0.3) is 5.91 Å². The Balaban J connectivity index is 1.53. The van der Waals surface area contributed by atoms with Crippen molar-refractivity contribution in [2.75, 3.05) is 37.5 Å². The number of hydrogen-bond donors (Lipinski definition) is 1. The van der Waals surface area contributed by atoms with Crippen LogP contribution in [0.5, 0.6) is 11.5 Å². The van der Waals surface area contributed by atoms with E-state index in [0.717, 1.165) is 18.2 Å². The van der Waals surface area contributed by atoms with Gasteiger partial charge in [0.2, 0.25) is 10.3 Å². The van der Waals surface area contributed by atoms with Gasteiger partial charge in [0.15, 0.2) is 11.5 Å². The minimum atomic E-state index is -0.239. The van der Waals surface area contributed by atoms with Crippen LogP contribution < -0.4 is 19.7 Å². The average Bonchev–Trinajstić information content (AvgIpc) is 3.43. The van der Waals surface area contributed by atoms with Gasteiger partial charge >= 0.3 is 0 Å². The number of piperidine rings is 1. The second-order valence-electron chi connectivity index (χ2n) is 6.70. The number of benzene rings is 1. The molecule has 0 unspecified atom stereocenters. The molecule has 9 heteroatoms. The van der Waals surface area contributed by atoms with Crippen LogP contribution in [0.3, 0.4) is 0 Å². The van der Waals surface area contributed by atoms with Gasteiger partial charge in [0.05, 0.1) is 14.2 Å². The first kappa shape index (κ1) is 19.3. The lowest BCUT2D eigenvalue weighted by Gasteiger charge is -2.25. The second kappa shape index (κ2) is 8.52. The third-order valence-electron chi connectivity index (χ3n) is 4.86. The van der Waals surface area contributed by atoms with Crippen molar-refractivity contribution in [3.05, 3.63) is 42.2 Å². The number of methoxy groups -OCH3 is 2. The predicted octanol–water partition coefficient (Wildman–Crippen LogP) is 3.59. The summed E-state index contributed by atoms with van der Waals surface area (Å²) in [5, 5.41) is 13.1. The minimum absolute atomic E-state index is 0.239. The zero-order valence-corrected chi connectivity index (χ0v) is 17.2. The highest BCUT2D eigenvalue weighted by Gasteiger charge is 2.19. The lowest BCUT2D eigenvalue weighted by molar-refractivity contribution is 0.102. The first-order valence-corrected chi connectivity index (χ1v) is 10.3. The summed E-state index contributed by atoms with van der Waals surface area (Å²) in [6, 6.07) is 8.84. The van der Waals surface area contributed by atoms with Crippen LogP contribution in [-0.2, 0) is 0 Å². The lowest BCUT2D eigenvalue weighted by Crippen LogP contribution is -2.29. The van der Waals surface area contributed by atoms with Crippen molar-refractivity contribution in [2.24, 2.45) is 0 Å². The summed E-state index contributed by atoms with van der Waals surface area (Å²) in [4.78, 5) is 15.1. The summed E-state index contributed by atoms with van der Waals surface area (Å²) < 4.78 is 12.3. The first-order valence-electron chi connectivity index (χ1n) is 9.49. The van der Waals surface area contributed by atoms with Gasteiger partial charge < -0.3 is 19.7 Å². The van der Waals surface area contributed by atoms with Crippen molar-refractivity contribution in [2.45, 2.75) is 19.3 Å². The second-order valence-corrected chi connectivity index (χ2v) is 7.64. The van der Waals surface area contributed by atoms with E-state index in [-0.39, 0.29) is 5.91 Å². The topological polar surface area (TPSA) is 81.5 Å². The Morgan fingerprint density at radius 3 is 2.55 bits per heavy atom. The molecule has 1 aromatic carbocycles. The maximum absolute atomic E-state index is 12.9. The van der Waals surface area contributed by atoms with E-state index in [9.17, 15) is 4.79 Å². The standard InChI is InChI=1S/C20H23N5O3S/c1-27-16-9-8-14(13-17(16)28-2)21-18(26)15-7-6-12-25(15)20-23-22-19(29-20)24-10-4-3-5-11-24/h6-9,12-13H,3-5,10-11H2,1-2H3,(H,21,26). The Morgan fingerprint density at radius 2 is 1.79 bits per heavy atom. The van der Waals surface area contributed by atoms with Gasteiger partial charge in [-0.15, -0.1) is 10.2 Å². The molecule has 1 aliphatic rings. The molecule has 3 aromatic rings. The van der Waals surface area contributed by atoms with E-state index in [0.29, 0.717) is 28.0 Å². The summed E-state index contributed by atoms with van der Waals surface area (Å²) in [5.74, 6) is 0.917. The molecule has 3 heterocycles. The molecular formula is C20H23N5O3S. The number of carbonyl (C=O) groups is 1. The van der Waals surface area contributed by atoms with Crippen molar-refractivity contribution >= 4 is 28.1 Å². The molecule has 0 aliphatic carbocycles. The lowest BCUT2D eigenvalue weighted by atomic mass is 10.1. The van der Waals surface area contributed by atoms with Crippen molar-refractivity contribution < 1.29 is 14.3 Å². The number of rotatable bonds is 6. The molecule has 0 bridgehead atoms. The average molecular weight is 414 g/mol. The quantitative estimate of drug-likeness (QED) is 0.665. The van der Waals surface area contributed by atoms with Crippen LogP contribution in [0.15, 0.2) is 36.5 Å². The number of nitrogens with zero attached hydrogens (tertiary/aromatic N) is 4. The maximum atomic E-state index is 12.9. The molecule has 4 rings (SSSR count). The molecule has 1 amide bonds. The van der Waals surface area contributed by atoms with E-state index < -0.39 is 0 Å². The summed E-state index contributed by atoms with van der Waals surface area (Å²) in [7, 11) is 3.13. The zero-order valence-electron chi connectivity index (χ0n) is 16.4. The fraction of sp³-hybridized carbons (Fsp3) is 0.350. The van der Waals surface area contributed by atoms with Crippen molar-refractivity contribution in [1.29, 1.82) is 0 Å². The largest absolute Gasteiger partial charge is 0.493 e. The molecular weight excluding hydrogens is 390 g/mol. The predicted molar refractivity (Wildman–Crippen MR) is 113 cm³/mol. The fourth-order valence-electron chi connectivity index (χ4n) is 3.36. The number of carbonyl (C=O) groups excluding carboxylic acids is 1. The Labute approximate surface area is 173 Å². The van der Waals surface area contributed by atoms with E-state index >= 15 is 0 Å². The van der Waals surface area contributed by atoms with Gasteiger partial charge in [-0.05, 0) is 43.5 Å². The zero-order chi connectivity index (χ0) is 20.2. The van der Waals surface area contributed by atoms with Gasteiger partial charge in [-0.3, -0.25) is 9.36 Å². The van der Waals surface area contributed by atoms with E-state index in [1.807, 2.05) is 12.3 Å². The molecule has 1 saturated heterocycles. The van der Waals surface area contributed by atoms with E-state index in [4.69, 9.17) is 9.47 Å². The number of amides is 1. The number of ether oxygens (including phenoxy) is 2. The van der Waals surface area contributed by atoms with Crippen molar-refractivity contribution in [3.63, 3.8) is 0 Å². The first-order chi connectivity index (χ1) is 14.2. The minimum Gasteiger partial charge on any atom is -0.493 e. The molecule has 1 N–H and O–H groups in total. The van der Waals surface area contributed by atoms with Gasteiger partial charge in [-0.1, -0.05) is 11.3 Å². The van der Waals surface area contributed by atoms with Crippen LogP contribution in [0.1, 0.15) is 29.8 Å². The van der Waals surface area contributed by atoms with E-state index in [1.54, 1.807) is 43.1 Å². The molecule has 0 saturated carbocycles. The SMILES string of the molecule is COc1ccc(NC(=O)c2cccn2-c2nnc(N3CCCCC3)s2)cc1OC. The van der Waals surface area contributed by atoms with Crippen LogP contribution in [0.4, 0.5) is 10.8 Å². The van der Waals surface area contributed by atoms with Gasteiger partial charge in [0.1, 0.15) is 5.69 Å². The Hall–Kier alpha value is -3.07. The summed E-state index contributed by atoms with van der Waals surface area (Å²) >= 11 is 1.50. The number of anilines is 2. The number of aromatic nitrogens is 3. The summed E-state index contributed by atoms with van der Waals surface area (Å²) in [6.45, 7) is 2.01.